The Hall–Kier alpha value is -2.18. The molecule has 1 aromatic carbocycles. The van der Waals surface area contributed by atoms with Gasteiger partial charge in [-0.3, -0.25) is 4.79 Å². The average Bonchev–Trinajstić information content (AvgIpc) is 3.29. The Morgan fingerprint density at radius 3 is 2.68 bits per heavy atom. The van der Waals surface area contributed by atoms with Gasteiger partial charge in [-0.25, -0.2) is 4.99 Å². The van der Waals surface area contributed by atoms with Gasteiger partial charge >= 0.3 is 0 Å². The van der Waals surface area contributed by atoms with Gasteiger partial charge in [0, 0.05) is 10.6 Å². The maximum Gasteiger partial charge on any atom is 0.162 e. The van der Waals surface area contributed by atoms with Gasteiger partial charge in [0.25, 0.3) is 0 Å². The fourth-order valence-corrected chi connectivity index (χ4v) is 3.13. The molecule has 1 atom stereocenters. The van der Waals surface area contributed by atoms with Crippen LogP contribution < -0.4 is 5.32 Å². The molecule has 1 heterocycles. The zero-order chi connectivity index (χ0) is 15.5. The number of aliphatic hydroxyl groups excluding tert-OH is 1. The molecule has 3 N–H and O–H groups in total. The Kier molecular flexibility index (Phi) is 4.22. The van der Waals surface area contributed by atoms with E-state index in [0.717, 1.165) is 29.7 Å². The number of benzene rings is 1. The first-order chi connectivity index (χ1) is 10.7. The minimum atomic E-state index is -0.488. The van der Waals surface area contributed by atoms with Crippen molar-refractivity contribution in [2.45, 2.75) is 18.9 Å². The predicted molar refractivity (Wildman–Crippen MR) is 87.3 cm³/mol. The summed E-state index contributed by atoms with van der Waals surface area (Å²) in [4.78, 5) is 16.7. The first-order valence-electron chi connectivity index (χ1n) is 7.02. The van der Waals surface area contributed by atoms with E-state index in [9.17, 15) is 15.0 Å². The molecule has 114 valence electrons. The SMILES string of the molecule is O=Cc1sc(C(O)C2CC2)cc1N=CNc1ccc(O)cc1. The number of hydrogen-bond acceptors (Lipinski definition) is 5. The smallest absolute Gasteiger partial charge is 0.162 e. The summed E-state index contributed by atoms with van der Waals surface area (Å²) in [7, 11) is 0. The minimum absolute atomic E-state index is 0.197. The van der Waals surface area contributed by atoms with Crippen molar-refractivity contribution in [3.8, 4) is 5.75 Å². The fraction of sp³-hybridized carbons (Fsp3) is 0.250. The van der Waals surface area contributed by atoms with Crippen molar-refractivity contribution in [2.75, 3.05) is 5.32 Å². The number of thiophene rings is 1. The highest BCUT2D eigenvalue weighted by molar-refractivity contribution is 7.14. The van der Waals surface area contributed by atoms with Gasteiger partial charge in [-0.1, -0.05) is 0 Å². The second-order valence-corrected chi connectivity index (χ2v) is 6.36. The topological polar surface area (TPSA) is 81.9 Å². The second-order valence-electron chi connectivity index (χ2n) is 5.25. The number of anilines is 1. The van der Waals surface area contributed by atoms with Crippen LogP contribution in [-0.4, -0.2) is 22.8 Å². The van der Waals surface area contributed by atoms with E-state index in [4.69, 9.17) is 0 Å². The highest BCUT2D eigenvalue weighted by Gasteiger charge is 2.32. The van der Waals surface area contributed by atoms with Crippen molar-refractivity contribution >= 4 is 35.3 Å². The number of nitrogens with one attached hydrogen (secondary N) is 1. The molecule has 1 aromatic heterocycles. The lowest BCUT2D eigenvalue weighted by molar-refractivity contribution is 0.112. The normalized spacial score (nSPS) is 15.9. The summed E-state index contributed by atoms with van der Waals surface area (Å²) in [5, 5.41) is 22.3. The van der Waals surface area contributed by atoms with Gasteiger partial charge in [-0.15, -0.1) is 11.3 Å². The third-order valence-corrected chi connectivity index (χ3v) is 4.65. The van der Waals surface area contributed by atoms with Crippen molar-refractivity contribution in [1.29, 1.82) is 0 Å². The van der Waals surface area contributed by atoms with Gasteiger partial charge < -0.3 is 15.5 Å². The van der Waals surface area contributed by atoms with E-state index in [1.165, 1.54) is 17.7 Å². The number of rotatable bonds is 6. The molecule has 2 aromatic rings. The van der Waals surface area contributed by atoms with Crippen LogP contribution in [0.4, 0.5) is 11.4 Å². The summed E-state index contributed by atoms with van der Waals surface area (Å²) in [5.41, 5.74) is 1.34. The Bertz CT molecular complexity index is 690. The molecule has 3 rings (SSSR count). The molecule has 1 aliphatic carbocycles. The zero-order valence-corrected chi connectivity index (χ0v) is 12.6. The first-order valence-corrected chi connectivity index (χ1v) is 7.84. The van der Waals surface area contributed by atoms with Crippen LogP contribution in [0.5, 0.6) is 5.75 Å². The molecule has 5 nitrogen and oxygen atoms in total. The second kappa shape index (κ2) is 6.29. The largest absolute Gasteiger partial charge is 0.508 e. The van der Waals surface area contributed by atoms with Crippen LogP contribution in [-0.2, 0) is 0 Å². The molecule has 0 aliphatic heterocycles. The van der Waals surface area contributed by atoms with Crippen LogP contribution in [0.15, 0.2) is 35.3 Å². The van der Waals surface area contributed by atoms with Crippen molar-refractivity contribution < 1.29 is 15.0 Å². The number of carbonyl (C=O) groups is 1. The lowest BCUT2D eigenvalue weighted by Crippen LogP contribution is -1.95. The summed E-state index contributed by atoms with van der Waals surface area (Å²) in [5.74, 6) is 0.521. The monoisotopic (exact) mass is 316 g/mol. The third-order valence-electron chi connectivity index (χ3n) is 3.53. The lowest BCUT2D eigenvalue weighted by atomic mass is 10.2. The van der Waals surface area contributed by atoms with Crippen molar-refractivity contribution in [3.63, 3.8) is 0 Å². The van der Waals surface area contributed by atoms with Crippen LogP contribution in [0.25, 0.3) is 0 Å². The van der Waals surface area contributed by atoms with Crippen LogP contribution in [0.2, 0.25) is 0 Å². The average molecular weight is 316 g/mol. The molecule has 0 saturated heterocycles. The molecule has 0 spiro atoms. The van der Waals surface area contributed by atoms with E-state index < -0.39 is 6.10 Å². The van der Waals surface area contributed by atoms with E-state index in [1.807, 2.05) is 0 Å². The van der Waals surface area contributed by atoms with Crippen LogP contribution in [0.1, 0.15) is 33.5 Å². The molecular weight excluding hydrogens is 300 g/mol. The van der Waals surface area contributed by atoms with Gasteiger partial charge in [0.2, 0.25) is 0 Å². The number of phenols is 1. The fourth-order valence-electron chi connectivity index (χ4n) is 2.12. The van der Waals surface area contributed by atoms with E-state index in [-0.39, 0.29) is 5.75 Å². The first kappa shape index (κ1) is 14.7. The number of carbonyl (C=O) groups excluding carboxylic acids is 1. The third kappa shape index (κ3) is 3.35. The van der Waals surface area contributed by atoms with E-state index >= 15 is 0 Å². The zero-order valence-electron chi connectivity index (χ0n) is 11.8. The number of aliphatic hydroxyl groups is 1. The quantitative estimate of drug-likeness (QED) is 0.330. The molecule has 1 unspecified atom stereocenters. The van der Waals surface area contributed by atoms with Crippen molar-refractivity contribution in [1.82, 2.24) is 0 Å². The van der Waals surface area contributed by atoms with Gasteiger partial charge in [0.05, 0.1) is 23.0 Å². The highest BCUT2D eigenvalue weighted by Crippen LogP contribution is 2.44. The van der Waals surface area contributed by atoms with Gasteiger partial charge in [-0.2, -0.15) is 0 Å². The Morgan fingerprint density at radius 2 is 2.05 bits per heavy atom. The van der Waals surface area contributed by atoms with Crippen molar-refractivity contribution in [2.24, 2.45) is 10.9 Å². The van der Waals surface area contributed by atoms with Crippen LogP contribution in [0, 0.1) is 5.92 Å². The molecular formula is C16H16N2O3S. The van der Waals surface area contributed by atoms with Gasteiger partial charge in [-0.05, 0) is 49.1 Å². The van der Waals surface area contributed by atoms with Crippen LogP contribution >= 0.6 is 11.3 Å². The molecule has 6 heteroatoms. The summed E-state index contributed by atoms with van der Waals surface area (Å²) in [6, 6.07) is 8.35. The van der Waals surface area contributed by atoms with Crippen LogP contribution in [0.3, 0.4) is 0 Å². The molecule has 1 aliphatic rings. The number of aromatic hydroxyl groups is 1. The molecule has 0 radical (unpaired) electrons. The van der Waals surface area contributed by atoms with E-state index in [2.05, 4.69) is 10.3 Å². The minimum Gasteiger partial charge on any atom is -0.508 e. The maximum atomic E-state index is 11.1. The predicted octanol–water partition coefficient (Wildman–Crippen LogP) is 3.48. The molecule has 0 bridgehead atoms. The summed E-state index contributed by atoms with van der Waals surface area (Å²) >= 11 is 1.29. The Labute approximate surface area is 132 Å². The standard InChI is InChI=1S/C16H16N2O3S/c19-8-15-13(7-14(22-15)16(21)10-1-2-10)18-9-17-11-3-5-12(20)6-4-11/h3-10,16,20-21H,1-2H2,(H,17,18). The number of aliphatic imine (C=N–C) groups is 1. The Balaban J connectivity index is 1.71. The van der Waals surface area contributed by atoms with E-state index in [1.54, 1.807) is 30.3 Å². The van der Waals surface area contributed by atoms with Gasteiger partial charge in [0.1, 0.15) is 5.75 Å². The summed E-state index contributed by atoms with van der Waals surface area (Å²) in [6.45, 7) is 0. The molecule has 0 amide bonds. The maximum absolute atomic E-state index is 11.1. The van der Waals surface area contributed by atoms with Gasteiger partial charge in [0.15, 0.2) is 6.29 Å². The Morgan fingerprint density at radius 1 is 1.32 bits per heavy atom. The lowest BCUT2D eigenvalue weighted by Gasteiger charge is -2.04. The number of hydrogen-bond donors (Lipinski definition) is 3. The number of aldehydes is 1. The highest BCUT2D eigenvalue weighted by atomic mass is 32.1. The summed E-state index contributed by atoms with van der Waals surface area (Å²) < 4.78 is 0. The van der Waals surface area contributed by atoms with Crippen molar-refractivity contribution in [3.05, 3.63) is 40.1 Å². The molecule has 22 heavy (non-hydrogen) atoms. The van der Waals surface area contributed by atoms with E-state index in [0.29, 0.717) is 16.5 Å². The number of phenolic OH excluding ortho intramolecular Hbond substituents is 1. The number of nitrogens with zero attached hydrogens (tertiary/aromatic N) is 1. The molecule has 1 saturated carbocycles. The summed E-state index contributed by atoms with van der Waals surface area (Å²) in [6.07, 6.45) is 3.85. The molecule has 1 fully saturated rings.